The molecular formula is C13H26N2O3. The quantitative estimate of drug-likeness (QED) is 0.481. The Hall–Kier alpha value is -1.10. The summed E-state index contributed by atoms with van der Waals surface area (Å²) in [5.74, 6) is 0.0112. The molecule has 0 fully saturated rings. The largest absolute Gasteiger partial charge is 0.469 e. The minimum absolute atomic E-state index is 0.00773. The summed E-state index contributed by atoms with van der Waals surface area (Å²) in [5, 5.41) is 2.89. The fourth-order valence-electron chi connectivity index (χ4n) is 1.70. The molecular weight excluding hydrogens is 232 g/mol. The van der Waals surface area contributed by atoms with Crippen LogP contribution in [0.15, 0.2) is 0 Å². The van der Waals surface area contributed by atoms with Crippen molar-refractivity contribution < 1.29 is 14.3 Å². The monoisotopic (exact) mass is 258 g/mol. The first kappa shape index (κ1) is 16.9. The molecule has 0 aromatic heterocycles. The molecule has 0 saturated carbocycles. The van der Waals surface area contributed by atoms with Crippen molar-refractivity contribution >= 4 is 11.9 Å². The number of nitrogens with one attached hydrogen (secondary N) is 1. The van der Waals surface area contributed by atoms with Crippen LogP contribution < -0.4 is 11.1 Å². The molecule has 0 aromatic carbocycles. The van der Waals surface area contributed by atoms with E-state index in [1.807, 2.05) is 13.8 Å². The molecule has 18 heavy (non-hydrogen) atoms. The van der Waals surface area contributed by atoms with Gasteiger partial charge in [-0.1, -0.05) is 20.3 Å². The predicted octanol–water partition coefficient (Wildman–Crippen LogP) is 1.21. The molecule has 3 N–H and O–H groups in total. The highest BCUT2D eigenvalue weighted by atomic mass is 16.5. The van der Waals surface area contributed by atoms with Gasteiger partial charge in [0.25, 0.3) is 0 Å². The van der Waals surface area contributed by atoms with Crippen molar-refractivity contribution in [3.63, 3.8) is 0 Å². The number of unbranched alkanes of at least 4 members (excludes halogenated alkanes) is 1. The molecule has 1 amide bonds. The van der Waals surface area contributed by atoms with Crippen molar-refractivity contribution in [3.8, 4) is 0 Å². The van der Waals surface area contributed by atoms with Crippen molar-refractivity contribution in [1.29, 1.82) is 0 Å². The molecule has 5 heteroatoms. The van der Waals surface area contributed by atoms with Crippen molar-refractivity contribution in [1.82, 2.24) is 5.32 Å². The molecule has 0 aromatic rings. The summed E-state index contributed by atoms with van der Waals surface area (Å²) in [6.45, 7) is 4.61. The lowest BCUT2D eigenvalue weighted by Crippen LogP contribution is -2.37. The fraction of sp³-hybridized carbons (Fsp3) is 0.846. The van der Waals surface area contributed by atoms with Gasteiger partial charge in [-0.15, -0.1) is 0 Å². The van der Waals surface area contributed by atoms with E-state index in [0.29, 0.717) is 18.9 Å². The highest BCUT2D eigenvalue weighted by Gasteiger charge is 2.17. The number of carbonyl (C=O) groups is 2. The lowest BCUT2D eigenvalue weighted by molar-refractivity contribution is -0.141. The molecule has 1 atom stereocenters. The molecule has 0 radical (unpaired) electrons. The van der Waals surface area contributed by atoms with Crippen molar-refractivity contribution in [2.24, 2.45) is 11.7 Å². The van der Waals surface area contributed by atoms with Crippen molar-refractivity contribution in [2.45, 2.75) is 52.0 Å². The maximum atomic E-state index is 11.7. The summed E-state index contributed by atoms with van der Waals surface area (Å²) in [6.07, 6.45) is 3.27. The molecule has 0 saturated heterocycles. The molecule has 0 heterocycles. The third kappa shape index (κ3) is 8.98. The Labute approximate surface area is 109 Å². The third-order valence-corrected chi connectivity index (χ3v) is 2.61. The summed E-state index contributed by atoms with van der Waals surface area (Å²) < 4.78 is 4.63. The first-order chi connectivity index (χ1) is 8.49. The van der Waals surface area contributed by atoms with E-state index >= 15 is 0 Å². The number of amides is 1. The van der Waals surface area contributed by atoms with Crippen LogP contribution in [-0.4, -0.2) is 31.6 Å². The highest BCUT2D eigenvalue weighted by Crippen LogP contribution is 2.07. The maximum Gasteiger partial charge on any atom is 0.307 e. The van der Waals surface area contributed by atoms with E-state index in [1.54, 1.807) is 0 Å². The summed E-state index contributed by atoms with van der Waals surface area (Å²) in [4.78, 5) is 22.9. The molecule has 0 aliphatic rings. The van der Waals surface area contributed by atoms with Gasteiger partial charge in [0.05, 0.1) is 13.5 Å². The van der Waals surface area contributed by atoms with E-state index in [4.69, 9.17) is 5.73 Å². The van der Waals surface area contributed by atoms with Crippen LogP contribution in [-0.2, 0) is 14.3 Å². The Morgan fingerprint density at radius 1 is 1.22 bits per heavy atom. The Bertz CT molecular complexity index is 255. The van der Waals surface area contributed by atoms with Gasteiger partial charge in [-0.2, -0.15) is 0 Å². The molecule has 0 rings (SSSR count). The van der Waals surface area contributed by atoms with Gasteiger partial charge < -0.3 is 15.8 Å². The standard InChI is InChI=1S/C13H26N2O3/c1-10(2)8-12(16)15-11(6-4-5-7-14)9-13(17)18-3/h10-11H,4-9,14H2,1-3H3,(H,15,16)/t11-/m0/s1. The van der Waals surface area contributed by atoms with Crippen molar-refractivity contribution in [3.05, 3.63) is 0 Å². The van der Waals surface area contributed by atoms with Crippen LogP contribution in [0, 0.1) is 5.92 Å². The Balaban J connectivity index is 4.18. The smallest absolute Gasteiger partial charge is 0.307 e. The number of nitrogens with two attached hydrogens (primary N) is 1. The van der Waals surface area contributed by atoms with Gasteiger partial charge >= 0.3 is 5.97 Å². The normalized spacial score (nSPS) is 12.3. The minimum atomic E-state index is -0.294. The van der Waals surface area contributed by atoms with Crippen LogP contribution in [0.1, 0.15) is 46.0 Å². The van der Waals surface area contributed by atoms with E-state index in [2.05, 4.69) is 10.1 Å². The predicted molar refractivity (Wildman–Crippen MR) is 70.9 cm³/mol. The lowest BCUT2D eigenvalue weighted by Gasteiger charge is -2.18. The second-order valence-corrected chi connectivity index (χ2v) is 4.93. The van der Waals surface area contributed by atoms with E-state index in [9.17, 15) is 9.59 Å². The zero-order valence-corrected chi connectivity index (χ0v) is 11.7. The van der Waals surface area contributed by atoms with Crippen LogP contribution in [0.5, 0.6) is 0 Å². The van der Waals surface area contributed by atoms with Gasteiger partial charge in [-0.25, -0.2) is 0 Å². The number of ether oxygens (including phenoxy) is 1. The third-order valence-electron chi connectivity index (χ3n) is 2.61. The first-order valence-corrected chi connectivity index (χ1v) is 6.55. The van der Waals surface area contributed by atoms with E-state index in [-0.39, 0.29) is 24.3 Å². The topological polar surface area (TPSA) is 81.4 Å². The molecule has 5 nitrogen and oxygen atoms in total. The van der Waals surface area contributed by atoms with Crippen molar-refractivity contribution in [2.75, 3.05) is 13.7 Å². The van der Waals surface area contributed by atoms with E-state index < -0.39 is 0 Å². The summed E-state index contributed by atoms with van der Waals surface area (Å²) in [5.41, 5.74) is 5.43. The molecule has 106 valence electrons. The summed E-state index contributed by atoms with van der Waals surface area (Å²) in [7, 11) is 1.36. The van der Waals surface area contributed by atoms with E-state index in [0.717, 1.165) is 19.3 Å². The second kappa shape index (κ2) is 9.88. The van der Waals surface area contributed by atoms with Gasteiger partial charge in [0.1, 0.15) is 0 Å². The van der Waals surface area contributed by atoms with Crippen LogP contribution in [0.25, 0.3) is 0 Å². The number of hydrogen-bond acceptors (Lipinski definition) is 4. The second-order valence-electron chi connectivity index (χ2n) is 4.93. The molecule has 0 bridgehead atoms. The van der Waals surface area contributed by atoms with E-state index in [1.165, 1.54) is 7.11 Å². The first-order valence-electron chi connectivity index (χ1n) is 6.55. The fourth-order valence-corrected chi connectivity index (χ4v) is 1.70. The summed E-state index contributed by atoms with van der Waals surface area (Å²) in [6, 6.07) is -0.143. The average Bonchev–Trinajstić information content (AvgIpc) is 2.27. The molecule has 0 spiro atoms. The molecule has 0 unspecified atom stereocenters. The van der Waals surface area contributed by atoms with Gasteiger partial charge in [0.2, 0.25) is 5.91 Å². The zero-order valence-electron chi connectivity index (χ0n) is 11.7. The highest BCUT2D eigenvalue weighted by molar-refractivity contribution is 5.77. The van der Waals surface area contributed by atoms with Crippen LogP contribution >= 0.6 is 0 Å². The van der Waals surface area contributed by atoms with Gasteiger partial charge in [-0.05, 0) is 25.3 Å². The Morgan fingerprint density at radius 2 is 1.89 bits per heavy atom. The molecule has 0 aliphatic carbocycles. The Morgan fingerprint density at radius 3 is 2.39 bits per heavy atom. The van der Waals surface area contributed by atoms with Gasteiger partial charge in [0, 0.05) is 12.5 Å². The maximum absolute atomic E-state index is 11.7. The number of rotatable bonds is 9. The number of hydrogen-bond donors (Lipinski definition) is 2. The van der Waals surface area contributed by atoms with Gasteiger partial charge in [-0.3, -0.25) is 9.59 Å². The number of methoxy groups -OCH3 is 1. The Kier molecular flexibility index (Phi) is 9.28. The SMILES string of the molecule is COC(=O)C[C@H](CCCCN)NC(=O)CC(C)C. The minimum Gasteiger partial charge on any atom is -0.469 e. The number of carbonyl (C=O) groups excluding carboxylic acids is 2. The number of esters is 1. The zero-order chi connectivity index (χ0) is 14.0. The van der Waals surface area contributed by atoms with Crippen LogP contribution in [0.4, 0.5) is 0 Å². The molecule has 0 aliphatic heterocycles. The average molecular weight is 258 g/mol. The summed E-state index contributed by atoms with van der Waals surface area (Å²) >= 11 is 0. The van der Waals surface area contributed by atoms with Crippen LogP contribution in [0.2, 0.25) is 0 Å². The van der Waals surface area contributed by atoms with Gasteiger partial charge in [0.15, 0.2) is 0 Å². The van der Waals surface area contributed by atoms with Crippen LogP contribution in [0.3, 0.4) is 0 Å². The lowest BCUT2D eigenvalue weighted by atomic mass is 10.0.